The lowest BCUT2D eigenvalue weighted by molar-refractivity contribution is -0.143. The summed E-state index contributed by atoms with van der Waals surface area (Å²) in [6.45, 7) is 0.826. The fraction of sp³-hybridized carbons (Fsp3) is 0.556. The number of amides is 1. The molecule has 2 aromatic heterocycles. The minimum absolute atomic E-state index is 0.139. The molecule has 0 radical (unpaired) electrons. The Hall–Kier alpha value is -2.72. The Bertz CT molecular complexity index is 991. The Morgan fingerprint density at radius 2 is 1.93 bits per heavy atom. The van der Waals surface area contributed by atoms with E-state index < -0.39 is 36.0 Å². The summed E-state index contributed by atoms with van der Waals surface area (Å²) >= 11 is 0. The fourth-order valence-electron chi connectivity index (χ4n) is 3.98. The number of nitrogens with zero attached hydrogens (tertiary/aromatic N) is 5. The highest BCUT2D eigenvalue weighted by atomic mass is 19.4. The van der Waals surface area contributed by atoms with E-state index in [1.54, 1.807) is 4.90 Å². The van der Waals surface area contributed by atoms with Gasteiger partial charge in [0.1, 0.15) is 11.9 Å². The number of alkyl halides is 3. The van der Waals surface area contributed by atoms with Crippen LogP contribution in [0.2, 0.25) is 0 Å². The number of pyridine rings is 1. The van der Waals surface area contributed by atoms with Crippen LogP contribution in [0.1, 0.15) is 48.8 Å². The van der Waals surface area contributed by atoms with Crippen molar-refractivity contribution in [1.29, 1.82) is 0 Å². The molecule has 0 aliphatic carbocycles. The maximum atomic E-state index is 14.3. The largest absolute Gasteiger partial charge is 0.436 e. The normalized spacial score (nSPS) is 19.4. The zero-order chi connectivity index (χ0) is 20.8. The lowest BCUT2D eigenvalue weighted by Crippen LogP contribution is -2.41. The van der Waals surface area contributed by atoms with E-state index in [0.717, 1.165) is 29.8 Å². The van der Waals surface area contributed by atoms with Gasteiger partial charge in [-0.25, -0.2) is 18.9 Å². The van der Waals surface area contributed by atoms with Crippen molar-refractivity contribution in [3.63, 3.8) is 0 Å². The highest BCUT2D eigenvalue weighted by molar-refractivity contribution is 5.80. The number of carbonyl (C=O) groups is 1. The quantitative estimate of drug-likeness (QED) is 0.723. The van der Waals surface area contributed by atoms with E-state index in [2.05, 4.69) is 10.1 Å². The summed E-state index contributed by atoms with van der Waals surface area (Å²) in [4.78, 5) is 30.5. The first-order valence-electron chi connectivity index (χ1n) is 9.45. The second-order valence-corrected chi connectivity index (χ2v) is 7.30. The van der Waals surface area contributed by atoms with Gasteiger partial charge in [0.25, 0.3) is 0 Å². The van der Waals surface area contributed by atoms with Crippen LogP contribution in [0.3, 0.4) is 0 Å². The van der Waals surface area contributed by atoms with Gasteiger partial charge in [0.05, 0.1) is 6.54 Å². The summed E-state index contributed by atoms with van der Waals surface area (Å²) in [6.07, 6.45) is -0.616. The summed E-state index contributed by atoms with van der Waals surface area (Å²) in [5.41, 5.74) is -2.59. The second kappa shape index (κ2) is 7.27. The van der Waals surface area contributed by atoms with E-state index in [4.69, 9.17) is 0 Å². The third-order valence-corrected chi connectivity index (χ3v) is 5.39. The van der Waals surface area contributed by atoms with E-state index in [9.17, 15) is 27.2 Å². The molecule has 0 saturated carbocycles. The first-order chi connectivity index (χ1) is 13.8. The van der Waals surface area contributed by atoms with Gasteiger partial charge >= 0.3 is 11.9 Å². The van der Waals surface area contributed by atoms with Crippen LogP contribution in [-0.4, -0.2) is 43.2 Å². The van der Waals surface area contributed by atoms with Crippen molar-refractivity contribution < 1.29 is 22.4 Å². The Kier molecular flexibility index (Phi) is 4.91. The lowest BCUT2D eigenvalue weighted by atomic mass is 10.0. The molecular weight excluding hydrogens is 394 g/mol. The Morgan fingerprint density at radius 1 is 1.21 bits per heavy atom. The maximum absolute atomic E-state index is 14.3. The molecule has 11 heteroatoms. The van der Waals surface area contributed by atoms with E-state index in [1.165, 1.54) is 4.57 Å². The smallest absolute Gasteiger partial charge is 0.341 e. The van der Waals surface area contributed by atoms with Crippen molar-refractivity contribution in [3.05, 3.63) is 45.6 Å². The van der Waals surface area contributed by atoms with Gasteiger partial charge in [-0.3, -0.25) is 9.36 Å². The highest BCUT2D eigenvalue weighted by Crippen LogP contribution is 2.31. The monoisotopic (exact) mass is 413 g/mol. The highest BCUT2D eigenvalue weighted by Gasteiger charge is 2.37. The van der Waals surface area contributed by atoms with Gasteiger partial charge in [0.15, 0.2) is 11.5 Å². The predicted octanol–water partition coefficient (Wildman–Crippen LogP) is 2.15. The van der Waals surface area contributed by atoms with E-state index in [-0.39, 0.29) is 11.5 Å². The van der Waals surface area contributed by atoms with Crippen molar-refractivity contribution in [1.82, 2.24) is 24.2 Å². The van der Waals surface area contributed by atoms with Crippen LogP contribution in [0.5, 0.6) is 0 Å². The predicted molar refractivity (Wildman–Crippen MR) is 92.6 cm³/mol. The van der Waals surface area contributed by atoms with Crippen molar-refractivity contribution >= 4 is 5.91 Å². The first-order valence-corrected chi connectivity index (χ1v) is 9.45. The molecule has 4 heterocycles. The zero-order valence-electron chi connectivity index (χ0n) is 15.5. The van der Waals surface area contributed by atoms with Crippen LogP contribution in [-0.2, 0) is 23.9 Å². The third-order valence-electron chi connectivity index (χ3n) is 5.39. The number of rotatable bonds is 3. The van der Waals surface area contributed by atoms with Crippen LogP contribution in [0.4, 0.5) is 17.6 Å². The number of fused-ring (bicyclic) bond motifs is 1. The van der Waals surface area contributed by atoms with Crippen LogP contribution in [0.25, 0.3) is 0 Å². The molecule has 0 aromatic carbocycles. The molecule has 4 rings (SSSR count). The maximum Gasteiger partial charge on any atom is 0.436 e. The van der Waals surface area contributed by atoms with E-state index >= 15 is 0 Å². The average molecular weight is 413 g/mol. The number of halogens is 4. The topological polar surface area (TPSA) is 73.0 Å². The van der Waals surface area contributed by atoms with Crippen molar-refractivity contribution in [2.75, 3.05) is 13.1 Å². The average Bonchev–Trinajstić information content (AvgIpc) is 3.31. The van der Waals surface area contributed by atoms with Crippen molar-refractivity contribution in [2.45, 2.75) is 50.9 Å². The SMILES string of the molecule is O=C([C@H]1CCCc2nn(Cc3ccnc(C(F)(F)F)c3F)c(=O)n21)N1CCCC1. The van der Waals surface area contributed by atoms with Gasteiger partial charge < -0.3 is 4.90 Å². The van der Waals surface area contributed by atoms with Gasteiger partial charge in [0, 0.05) is 31.3 Å². The van der Waals surface area contributed by atoms with E-state index in [1.807, 2.05) is 0 Å². The molecule has 1 atom stereocenters. The van der Waals surface area contributed by atoms with Gasteiger partial charge in [0.2, 0.25) is 5.91 Å². The minimum Gasteiger partial charge on any atom is -0.341 e. The Morgan fingerprint density at radius 3 is 2.62 bits per heavy atom. The number of carbonyl (C=O) groups excluding carboxylic acids is 1. The van der Waals surface area contributed by atoms with Crippen molar-refractivity contribution in [3.8, 4) is 0 Å². The number of hydrogen-bond acceptors (Lipinski definition) is 4. The summed E-state index contributed by atoms with van der Waals surface area (Å²) in [7, 11) is 0. The van der Waals surface area contributed by atoms with Crippen molar-refractivity contribution in [2.24, 2.45) is 0 Å². The molecule has 0 spiro atoms. The molecule has 2 aromatic rings. The fourth-order valence-corrected chi connectivity index (χ4v) is 3.98. The standard InChI is InChI=1S/C18H19F4N5O2/c19-14-11(6-7-23-15(14)18(20,21)22)10-26-17(29)27-12(4-3-5-13(27)24-26)16(28)25-8-1-2-9-25/h6-7,12H,1-5,8-10H2/t12-/m1/s1. The molecule has 29 heavy (non-hydrogen) atoms. The molecule has 1 fully saturated rings. The van der Waals surface area contributed by atoms with Gasteiger partial charge in [-0.2, -0.15) is 18.3 Å². The molecule has 2 aliphatic heterocycles. The summed E-state index contributed by atoms with van der Waals surface area (Å²) in [6, 6.07) is 0.411. The lowest BCUT2D eigenvalue weighted by Gasteiger charge is -2.27. The third kappa shape index (κ3) is 3.53. The van der Waals surface area contributed by atoms with Gasteiger partial charge in [-0.05, 0) is 31.7 Å². The Labute approximate surface area is 162 Å². The van der Waals surface area contributed by atoms with Crippen LogP contribution < -0.4 is 5.69 Å². The summed E-state index contributed by atoms with van der Waals surface area (Å²) in [5, 5.41) is 4.17. The van der Waals surface area contributed by atoms with Crippen LogP contribution in [0, 0.1) is 5.82 Å². The number of aromatic nitrogens is 4. The molecule has 0 bridgehead atoms. The second-order valence-electron chi connectivity index (χ2n) is 7.30. The zero-order valence-corrected chi connectivity index (χ0v) is 15.5. The first kappa shape index (κ1) is 19.6. The molecular formula is C18H19F4N5O2. The van der Waals surface area contributed by atoms with Gasteiger partial charge in [-0.15, -0.1) is 0 Å². The molecule has 156 valence electrons. The number of hydrogen-bond donors (Lipinski definition) is 0. The molecule has 1 amide bonds. The summed E-state index contributed by atoms with van der Waals surface area (Å²) < 4.78 is 55.2. The van der Waals surface area contributed by atoms with Crippen LogP contribution >= 0.6 is 0 Å². The molecule has 7 nitrogen and oxygen atoms in total. The summed E-state index contributed by atoms with van der Waals surface area (Å²) in [5.74, 6) is -1.27. The minimum atomic E-state index is -4.94. The van der Waals surface area contributed by atoms with Gasteiger partial charge in [-0.1, -0.05) is 0 Å². The molecule has 0 N–H and O–H groups in total. The number of likely N-dealkylation sites (tertiary alicyclic amines) is 1. The molecule has 1 saturated heterocycles. The molecule has 2 aliphatic rings. The molecule has 0 unspecified atom stereocenters. The Balaban J connectivity index is 1.67. The number of aryl methyl sites for hydroxylation is 1. The van der Waals surface area contributed by atoms with E-state index in [0.29, 0.717) is 38.2 Å². The van der Waals surface area contributed by atoms with Crippen LogP contribution in [0.15, 0.2) is 17.1 Å².